The van der Waals surface area contributed by atoms with Crippen molar-refractivity contribution < 1.29 is 37.9 Å². The molecule has 0 aliphatic heterocycles. The first-order chi connectivity index (χ1) is 7.20. The van der Waals surface area contributed by atoms with Crippen LogP contribution in [0.5, 0.6) is 0 Å². The lowest BCUT2D eigenvalue weighted by atomic mass is 10.2. The largest absolute Gasteiger partial charge is 0.673 e. The minimum Gasteiger partial charge on any atom is -0.544 e. The van der Waals surface area contributed by atoms with Crippen LogP contribution >= 0.6 is 0 Å². The molecule has 92 valence electrons. The quantitative estimate of drug-likeness (QED) is 0.475. The molecule has 1 aromatic heterocycles. The molecule has 0 saturated heterocycles. The average molecular weight is 243 g/mol. The number of quaternary nitrogens is 1. The highest BCUT2D eigenvalue weighted by molar-refractivity contribution is 6.50. The fourth-order valence-electron chi connectivity index (χ4n) is 0.785. The van der Waals surface area contributed by atoms with E-state index < -0.39 is 19.3 Å². The molecule has 0 amide bonds. The van der Waals surface area contributed by atoms with Crippen LogP contribution in [0.2, 0.25) is 0 Å². The molecule has 1 rings (SSSR count). The number of aliphatic carboxylic acids is 1. The summed E-state index contributed by atoms with van der Waals surface area (Å²) in [5, 5.41) is 10.2. The van der Waals surface area contributed by atoms with Gasteiger partial charge in [0.25, 0.3) is 0 Å². The first kappa shape index (κ1) is 14.4. The van der Waals surface area contributed by atoms with Crippen molar-refractivity contribution in [2.24, 2.45) is 0 Å². The smallest absolute Gasteiger partial charge is 0.544 e. The Labute approximate surface area is 87.8 Å². The summed E-state index contributed by atoms with van der Waals surface area (Å²) >= 11 is 0. The molecule has 0 aromatic carbocycles. The van der Waals surface area contributed by atoms with Crippen LogP contribution in [0.3, 0.4) is 0 Å². The first-order valence-electron chi connectivity index (χ1n) is 4.14. The highest BCUT2D eigenvalue weighted by Crippen LogP contribution is 2.06. The summed E-state index contributed by atoms with van der Waals surface area (Å²) in [7, 11) is -6.00. The van der Waals surface area contributed by atoms with Crippen LogP contribution in [0.1, 0.15) is 5.69 Å². The summed E-state index contributed by atoms with van der Waals surface area (Å²) in [6.07, 6.45) is 3.68. The Morgan fingerprint density at radius 1 is 1.56 bits per heavy atom. The molecule has 0 spiro atoms. The molecule has 0 saturated carbocycles. The van der Waals surface area contributed by atoms with Crippen molar-refractivity contribution in [1.82, 2.24) is 4.98 Å². The highest BCUT2D eigenvalue weighted by Gasteiger charge is 2.20. The molecule has 0 bridgehead atoms. The predicted molar refractivity (Wildman–Crippen MR) is 42.9 cm³/mol. The lowest BCUT2D eigenvalue weighted by Crippen LogP contribution is -2.69. The van der Waals surface area contributed by atoms with E-state index in [0.29, 0.717) is 6.42 Å². The van der Waals surface area contributed by atoms with Gasteiger partial charge in [0.1, 0.15) is 17.9 Å². The molecule has 1 aromatic rings. The van der Waals surface area contributed by atoms with Gasteiger partial charge in [0.15, 0.2) is 0 Å². The van der Waals surface area contributed by atoms with Gasteiger partial charge >= 0.3 is 7.25 Å². The van der Waals surface area contributed by atoms with Crippen molar-refractivity contribution in [3.8, 4) is 0 Å². The van der Waals surface area contributed by atoms with Crippen LogP contribution in [0.15, 0.2) is 12.5 Å². The van der Waals surface area contributed by atoms with Crippen LogP contribution in [-0.4, -0.2) is 24.2 Å². The molecule has 0 radical (unpaired) electrons. The fraction of sp³-hybridized carbons (Fsp3) is 0.333. The number of aromatic nitrogens is 2. The van der Waals surface area contributed by atoms with Gasteiger partial charge in [-0.2, -0.15) is 0 Å². The van der Waals surface area contributed by atoms with Crippen LogP contribution < -0.4 is 15.8 Å². The summed E-state index contributed by atoms with van der Waals surface area (Å²) in [4.78, 5) is 15.8. The Kier molecular flexibility index (Phi) is 5.50. The van der Waals surface area contributed by atoms with E-state index >= 15 is 0 Å². The zero-order chi connectivity index (χ0) is 12.8. The zero-order valence-electron chi connectivity index (χ0n) is 8.05. The topological polar surface area (TPSA) is 97.7 Å². The molecule has 1 atom stereocenters. The second kappa shape index (κ2) is 6.11. The Morgan fingerprint density at radius 3 is 2.38 bits per heavy atom. The highest BCUT2D eigenvalue weighted by atomic mass is 19.5. The zero-order valence-corrected chi connectivity index (χ0v) is 8.05. The summed E-state index contributed by atoms with van der Waals surface area (Å²) < 4.78 is 39.0. The van der Waals surface area contributed by atoms with E-state index in [9.17, 15) is 27.2 Å². The number of aromatic amines is 2. The van der Waals surface area contributed by atoms with Gasteiger partial charge in [-0.3, -0.25) is 4.98 Å². The van der Waals surface area contributed by atoms with Gasteiger partial charge in [-0.1, -0.05) is 0 Å². The third-order valence-corrected chi connectivity index (χ3v) is 1.40. The fourth-order valence-corrected chi connectivity index (χ4v) is 0.785. The number of hydrogen-bond donors (Lipinski definition) is 2. The Morgan fingerprint density at radius 2 is 2.06 bits per heavy atom. The second-order valence-corrected chi connectivity index (χ2v) is 2.84. The molecule has 16 heavy (non-hydrogen) atoms. The van der Waals surface area contributed by atoms with Crippen molar-refractivity contribution in [3.05, 3.63) is 18.2 Å². The number of imidazole rings is 1. The van der Waals surface area contributed by atoms with E-state index in [1.54, 1.807) is 12.5 Å². The lowest BCUT2D eigenvalue weighted by molar-refractivity contribution is -0.437. The lowest BCUT2D eigenvalue weighted by Gasteiger charge is -2.04. The van der Waals surface area contributed by atoms with Gasteiger partial charge in [-0.15, -0.1) is 0 Å². The molecular formula is C6H10BF4N3O2. The Balaban J connectivity index is 0.000000385. The molecule has 5 nitrogen and oxygen atoms in total. The van der Waals surface area contributed by atoms with Crippen LogP contribution in [0, 0.1) is 0 Å². The molecule has 1 heterocycles. The summed E-state index contributed by atoms with van der Waals surface area (Å²) in [6, 6.07) is -0.693. The van der Waals surface area contributed by atoms with E-state index in [0.717, 1.165) is 5.69 Å². The van der Waals surface area contributed by atoms with Crippen LogP contribution in [-0.2, 0) is 11.2 Å². The molecule has 0 fully saturated rings. The molecule has 10 heteroatoms. The van der Waals surface area contributed by atoms with E-state index in [4.69, 9.17) is 0 Å². The number of H-pyrrole nitrogens is 2. The van der Waals surface area contributed by atoms with E-state index in [2.05, 4.69) is 15.7 Å². The van der Waals surface area contributed by atoms with Crippen molar-refractivity contribution in [1.29, 1.82) is 0 Å². The third-order valence-electron chi connectivity index (χ3n) is 1.40. The van der Waals surface area contributed by atoms with Gasteiger partial charge < -0.3 is 32.9 Å². The maximum absolute atomic E-state index is 10.2. The standard InChI is InChI=1S/C6H9N3O2.BF4/c7-5(6(10)11)1-4-2-8-3-9-4;2-1(3,4)5/h2-3,5H,1,7H2,(H,8,9)(H,10,11);/q;-1/p+1/t5-;/m1./s1. The Hall–Kier alpha value is -1.58. The number of carbonyl (C=O) groups is 1. The van der Waals surface area contributed by atoms with Crippen molar-refractivity contribution in [2.75, 3.05) is 0 Å². The minimum absolute atomic E-state index is 0.367. The molecule has 0 unspecified atom stereocenters. The van der Waals surface area contributed by atoms with Gasteiger partial charge in [-0.05, 0) is 0 Å². The molecule has 0 aliphatic carbocycles. The van der Waals surface area contributed by atoms with Gasteiger partial charge in [0.05, 0.1) is 12.4 Å². The molecule has 5 N–H and O–H groups in total. The summed E-state index contributed by atoms with van der Waals surface area (Å²) in [5.41, 5.74) is 4.23. The number of carboxylic acid groups (broad SMARTS) is 1. The van der Waals surface area contributed by atoms with Crippen LogP contribution in [0.25, 0.3) is 0 Å². The number of carboxylic acids is 1. The maximum atomic E-state index is 10.2. The van der Waals surface area contributed by atoms with Crippen molar-refractivity contribution in [2.45, 2.75) is 12.5 Å². The van der Waals surface area contributed by atoms with Crippen LogP contribution in [0.4, 0.5) is 17.3 Å². The third kappa shape index (κ3) is 9.00. The normalized spacial score (nSPS) is 12.6. The number of nitrogens with one attached hydrogen (secondary N) is 2. The Bertz CT molecular complexity index is 310. The minimum atomic E-state index is -6.00. The van der Waals surface area contributed by atoms with Gasteiger partial charge in [0, 0.05) is 0 Å². The van der Waals surface area contributed by atoms with E-state index in [1.807, 2.05) is 0 Å². The van der Waals surface area contributed by atoms with Gasteiger partial charge in [-0.25, -0.2) is 4.98 Å². The SMILES string of the molecule is F[B-](F)(F)F.[NH3+][C@H](Cc1c[nH+]c[nH]1)C(=O)[O-]. The van der Waals surface area contributed by atoms with E-state index in [-0.39, 0.29) is 0 Å². The molecule has 0 aliphatic rings. The number of rotatable bonds is 3. The van der Waals surface area contributed by atoms with Crippen molar-refractivity contribution in [3.63, 3.8) is 0 Å². The first-order valence-corrected chi connectivity index (χ1v) is 4.14. The summed E-state index contributed by atoms with van der Waals surface area (Å²) in [5.74, 6) is -1.13. The second-order valence-electron chi connectivity index (χ2n) is 2.84. The maximum Gasteiger partial charge on any atom is 0.673 e. The average Bonchev–Trinajstić information content (AvgIpc) is 2.53. The van der Waals surface area contributed by atoms with E-state index in [1.165, 1.54) is 0 Å². The number of carbonyl (C=O) groups excluding carboxylic acids is 1. The number of halogens is 4. The molecular weight excluding hydrogens is 233 g/mol. The van der Waals surface area contributed by atoms with Gasteiger partial charge in [0.2, 0.25) is 6.33 Å². The monoisotopic (exact) mass is 243 g/mol. The summed E-state index contributed by atoms with van der Waals surface area (Å²) in [6.45, 7) is 0. The van der Waals surface area contributed by atoms with Crippen molar-refractivity contribution >= 4 is 13.2 Å². The predicted octanol–water partition coefficient (Wildman–Crippen LogP) is -1.97. The number of hydrogen-bond acceptors (Lipinski definition) is 2.